The van der Waals surface area contributed by atoms with Crippen LogP contribution in [0.5, 0.6) is 0 Å². The van der Waals surface area contributed by atoms with E-state index in [0.717, 1.165) is 39.0 Å². The zero-order valence-electron chi connectivity index (χ0n) is 15.4. The third kappa shape index (κ3) is 5.03. The zero-order valence-corrected chi connectivity index (χ0v) is 15.4. The highest BCUT2D eigenvalue weighted by atomic mass is 16.5. The Morgan fingerprint density at radius 2 is 1.92 bits per heavy atom. The highest BCUT2D eigenvalue weighted by molar-refractivity contribution is 5.78. The molecule has 0 radical (unpaired) electrons. The summed E-state index contributed by atoms with van der Waals surface area (Å²) in [7, 11) is 1.81. The van der Waals surface area contributed by atoms with Crippen LogP contribution in [0, 0.1) is 12.8 Å². The third-order valence-corrected chi connectivity index (χ3v) is 5.39. The van der Waals surface area contributed by atoms with Crippen LogP contribution in [0.1, 0.15) is 17.5 Å². The molecule has 5 heteroatoms. The van der Waals surface area contributed by atoms with Gasteiger partial charge in [0.25, 0.3) is 0 Å². The number of carbonyl (C=O) groups excluding carboxylic acids is 1. The van der Waals surface area contributed by atoms with Crippen LogP contribution in [0.3, 0.4) is 0 Å². The van der Waals surface area contributed by atoms with Crippen LogP contribution in [-0.4, -0.2) is 74.9 Å². The van der Waals surface area contributed by atoms with Gasteiger partial charge in [-0.05, 0) is 25.3 Å². The van der Waals surface area contributed by atoms with E-state index in [1.165, 1.54) is 11.1 Å². The van der Waals surface area contributed by atoms with Crippen LogP contribution >= 0.6 is 0 Å². The SMILES string of the molecule is CO[C@@H]1CCN(CC(=O)N2CCOCC2)C[C@H]1Cc1ccc(C)cc1. The highest BCUT2D eigenvalue weighted by Gasteiger charge is 2.31. The molecule has 0 aliphatic carbocycles. The Hall–Kier alpha value is -1.43. The molecule has 0 aromatic heterocycles. The van der Waals surface area contributed by atoms with Crippen molar-refractivity contribution in [1.82, 2.24) is 9.80 Å². The molecule has 0 bridgehead atoms. The summed E-state index contributed by atoms with van der Waals surface area (Å²) in [6, 6.07) is 8.75. The Morgan fingerprint density at radius 1 is 1.20 bits per heavy atom. The Kier molecular flexibility index (Phi) is 6.45. The molecular formula is C20H30N2O3. The summed E-state index contributed by atoms with van der Waals surface area (Å²) in [5.41, 5.74) is 2.63. The summed E-state index contributed by atoms with van der Waals surface area (Å²) >= 11 is 0. The average Bonchev–Trinajstić information content (AvgIpc) is 2.64. The minimum absolute atomic E-state index is 0.230. The lowest BCUT2D eigenvalue weighted by Gasteiger charge is -2.38. The zero-order chi connectivity index (χ0) is 17.6. The summed E-state index contributed by atoms with van der Waals surface area (Å²) in [5.74, 6) is 0.659. The number of ether oxygens (including phenoxy) is 2. The standard InChI is InChI=1S/C20H30N2O3/c1-16-3-5-17(6-4-16)13-18-14-21(8-7-19(18)24-2)15-20(23)22-9-11-25-12-10-22/h3-6,18-19H,7-15H2,1-2H3/t18-,19-/m1/s1. The number of hydrogen-bond acceptors (Lipinski definition) is 4. The molecule has 1 amide bonds. The normalized spacial score (nSPS) is 25.1. The van der Waals surface area contributed by atoms with Crippen molar-refractivity contribution in [3.8, 4) is 0 Å². The van der Waals surface area contributed by atoms with E-state index in [2.05, 4.69) is 36.1 Å². The van der Waals surface area contributed by atoms with Gasteiger partial charge in [-0.15, -0.1) is 0 Å². The molecule has 25 heavy (non-hydrogen) atoms. The maximum absolute atomic E-state index is 12.5. The fourth-order valence-electron chi connectivity index (χ4n) is 3.87. The van der Waals surface area contributed by atoms with Gasteiger partial charge in [0.1, 0.15) is 0 Å². The Balaban J connectivity index is 1.57. The fourth-order valence-corrected chi connectivity index (χ4v) is 3.87. The molecule has 2 fully saturated rings. The lowest BCUT2D eigenvalue weighted by atomic mass is 9.88. The molecule has 2 atom stereocenters. The van der Waals surface area contributed by atoms with E-state index in [-0.39, 0.29) is 12.0 Å². The van der Waals surface area contributed by atoms with E-state index in [0.29, 0.717) is 25.7 Å². The molecule has 2 saturated heterocycles. The van der Waals surface area contributed by atoms with E-state index in [9.17, 15) is 4.79 Å². The van der Waals surface area contributed by atoms with Gasteiger partial charge in [0, 0.05) is 39.2 Å². The number of aryl methyl sites for hydroxylation is 1. The fraction of sp³-hybridized carbons (Fsp3) is 0.650. The lowest BCUT2D eigenvalue weighted by molar-refractivity contribution is -0.137. The van der Waals surface area contributed by atoms with Gasteiger partial charge in [-0.3, -0.25) is 9.69 Å². The molecule has 2 heterocycles. The Labute approximate surface area is 150 Å². The first kappa shape index (κ1) is 18.4. The maximum Gasteiger partial charge on any atom is 0.236 e. The second kappa shape index (κ2) is 8.79. The van der Waals surface area contributed by atoms with Gasteiger partial charge in [0.05, 0.1) is 25.9 Å². The molecule has 0 unspecified atom stereocenters. The first-order valence-electron chi connectivity index (χ1n) is 9.32. The number of methoxy groups -OCH3 is 1. The molecule has 2 aliphatic rings. The van der Waals surface area contributed by atoms with Crippen molar-refractivity contribution in [2.45, 2.75) is 25.9 Å². The number of benzene rings is 1. The number of carbonyl (C=O) groups is 1. The third-order valence-electron chi connectivity index (χ3n) is 5.39. The summed E-state index contributed by atoms with van der Waals surface area (Å²) in [4.78, 5) is 16.7. The van der Waals surface area contributed by atoms with E-state index in [1.54, 1.807) is 7.11 Å². The number of morpholine rings is 1. The van der Waals surface area contributed by atoms with Crippen LogP contribution in [0.4, 0.5) is 0 Å². The van der Waals surface area contributed by atoms with Crippen LogP contribution in [0.2, 0.25) is 0 Å². The molecular weight excluding hydrogens is 316 g/mol. The van der Waals surface area contributed by atoms with Gasteiger partial charge in [-0.25, -0.2) is 0 Å². The first-order valence-corrected chi connectivity index (χ1v) is 9.32. The molecule has 0 saturated carbocycles. The van der Waals surface area contributed by atoms with Gasteiger partial charge in [0.2, 0.25) is 5.91 Å². The van der Waals surface area contributed by atoms with Crippen LogP contribution in [0.15, 0.2) is 24.3 Å². The first-order chi connectivity index (χ1) is 12.2. The highest BCUT2D eigenvalue weighted by Crippen LogP contribution is 2.24. The van der Waals surface area contributed by atoms with Crippen molar-refractivity contribution < 1.29 is 14.3 Å². The van der Waals surface area contributed by atoms with Crippen LogP contribution in [-0.2, 0) is 20.7 Å². The van der Waals surface area contributed by atoms with Crippen molar-refractivity contribution in [3.63, 3.8) is 0 Å². The minimum Gasteiger partial charge on any atom is -0.381 e. The predicted octanol–water partition coefficient (Wildman–Crippen LogP) is 1.73. The van der Waals surface area contributed by atoms with Gasteiger partial charge in [0.15, 0.2) is 0 Å². The number of nitrogens with zero attached hydrogens (tertiary/aromatic N) is 2. The maximum atomic E-state index is 12.5. The number of hydrogen-bond donors (Lipinski definition) is 0. The summed E-state index contributed by atoms with van der Waals surface area (Å²) in [6.45, 7) is 7.24. The summed E-state index contributed by atoms with van der Waals surface area (Å²) < 4.78 is 11.1. The van der Waals surface area contributed by atoms with Crippen molar-refractivity contribution in [3.05, 3.63) is 35.4 Å². The van der Waals surface area contributed by atoms with Gasteiger partial charge >= 0.3 is 0 Å². The molecule has 0 spiro atoms. The second-order valence-electron chi connectivity index (χ2n) is 7.24. The number of rotatable bonds is 5. The topological polar surface area (TPSA) is 42.0 Å². The van der Waals surface area contributed by atoms with E-state index < -0.39 is 0 Å². The molecule has 138 valence electrons. The van der Waals surface area contributed by atoms with Crippen LogP contribution in [0.25, 0.3) is 0 Å². The Bertz CT molecular complexity index is 555. The minimum atomic E-state index is 0.230. The quantitative estimate of drug-likeness (QED) is 0.814. The molecule has 1 aromatic rings. The van der Waals surface area contributed by atoms with Gasteiger partial charge < -0.3 is 14.4 Å². The Morgan fingerprint density at radius 3 is 2.60 bits per heavy atom. The summed E-state index contributed by atoms with van der Waals surface area (Å²) in [5, 5.41) is 0. The van der Waals surface area contributed by atoms with E-state index in [4.69, 9.17) is 9.47 Å². The summed E-state index contributed by atoms with van der Waals surface area (Å²) in [6.07, 6.45) is 2.26. The van der Waals surface area contributed by atoms with Gasteiger partial charge in [-0.2, -0.15) is 0 Å². The van der Waals surface area contributed by atoms with Crippen molar-refractivity contribution in [2.24, 2.45) is 5.92 Å². The van der Waals surface area contributed by atoms with Crippen molar-refractivity contribution in [2.75, 3.05) is 53.0 Å². The number of likely N-dealkylation sites (tertiary alicyclic amines) is 1. The van der Waals surface area contributed by atoms with Gasteiger partial charge in [-0.1, -0.05) is 29.8 Å². The number of piperidine rings is 1. The largest absolute Gasteiger partial charge is 0.381 e. The average molecular weight is 346 g/mol. The lowest BCUT2D eigenvalue weighted by Crippen LogP contribution is -2.50. The molecule has 2 aliphatic heterocycles. The number of amides is 1. The monoisotopic (exact) mass is 346 g/mol. The van der Waals surface area contributed by atoms with Crippen molar-refractivity contribution >= 4 is 5.91 Å². The van der Waals surface area contributed by atoms with Crippen LogP contribution < -0.4 is 0 Å². The van der Waals surface area contributed by atoms with Crippen molar-refractivity contribution in [1.29, 1.82) is 0 Å². The molecule has 0 N–H and O–H groups in total. The van der Waals surface area contributed by atoms with E-state index in [1.807, 2.05) is 4.90 Å². The molecule has 5 nitrogen and oxygen atoms in total. The predicted molar refractivity (Wildman–Crippen MR) is 97.6 cm³/mol. The van der Waals surface area contributed by atoms with E-state index >= 15 is 0 Å². The molecule has 1 aromatic carbocycles. The smallest absolute Gasteiger partial charge is 0.236 e. The molecule has 3 rings (SSSR count). The second-order valence-corrected chi connectivity index (χ2v) is 7.24.